The lowest BCUT2D eigenvalue weighted by atomic mass is 9.90. The molecule has 132 valence electrons. The first kappa shape index (κ1) is 17.8. The normalized spacial score (nSPS) is 19.5. The van der Waals surface area contributed by atoms with E-state index in [0.717, 1.165) is 5.56 Å². The molecule has 3 rings (SSSR count). The highest BCUT2D eigenvalue weighted by Gasteiger charge is 2.49. The predicted molar refractivity (Wildman–Crippen MR) is 103 cm³/mol. The average Bonchev–Trinajstić information content (AvgIpc) is 2.87. The zero-order valence-electron chi connectivity index (χ0n) is 14.6. The van der Waals surface area contributed by atoms with Gasteiger partial charge in [-0.3, -0.25) is 9.59 Å². The van der Waals surface area contributed by atoms with E-state index in [2.05, 4.69) is 0 Å². The summed E-state index contributed by atoms with van der Waals surface area (Å²) in [6.07, 6.45) is 6.39. The van der Waals surface area contributed by atoms with E-state index in [1.54, 1.807) is 30.4 Å². The van der Waals surface area contributed by atoms with Gasteiger partial charge < -0.3 is 10.0 Å². The highest BCUT2D eigenvalue weighted by atomic mass is 16.3. The van der Waals surface area contributed by atoms with Crippen molar-refractivity contribution in [3.8, 4) is 0 Å². The van der Waals surface area contributed by atoms with E-state index in [9.17, 15) is 14.7 Å². The number of ketones is 1. The Morgan fingerprint density at radius 2 is 1.77 bits per heavy atom. The lowest BCUT2D eigenvalue weighted by molar-refractivity contribution is -0.140. The van der Waals surface area contributed by atoms with Gasteiger partial charge in [0.05, 0.1) is 12.1 Å². The Balaban J connectivity index is 1.73. The van der Waals surface area contributed by atoms with Crippen LogP contribution in [0.3, 0.4) is 0 Å². The molecule has 1 aliphatic heterocycles. The number of carbonyl (C=O) groups is 2. The highest BCUT2D eigenvalue weighted by molar-refractivity contribution is 6.09. The smallest absolute Gasteiger partial charge is 0.264 e. The molecule has 0 aliphatic carbocycles. The second-order valence-electron chi connectivity index (χ2n) is 6.20. The highest BCUT2D eigenvalue weighted by Crippen LogP contribution is 2.42. The molecule has 0 radical (unpaired) electrons. The van der Waals surface area contributed by atoms with Gasteiger partial charge in [-0.15, -0.1) is 0 Å². The number of aliphatic hydroxyl groups is 1. The molecular formula is C22H21NO3. The van der Waals surface area contributed by atoms with Gasteiger partial charge in [-0.05, 0) is 24.6 Å². The molecule has 1 N–H and O–H groups in total. The van der Waals surface area contributed by atoms with E-state index in [1.165, 1.54) is 11.0 Å². The summed E-state index contributed by atoms with van der Waals surface area (Å²) in [5, 5.41) is 11.0. The van der Waals surface area contributed by atoms with Gasteiger partial charge in [0, 0.05) is 12.1 Å². The topological polar surface area (TPSA) is 57.6 Å². The maximum atomic E-state index is 12.7. The Kier molecular flexibility index (Phi) is 5.14. The van der Waals surface area contributed by atoms with Crippen molar-refractivity contribution in [3.05, 3.63) is 84.0 Å². The Morgan fingerprint density at radius 3 is 2.50 bits per heavy atom. The van der Waals surface area contributed by atoms with Crippen LogP contribution in [0.2, 0.25) is 0 Å². The van der Waals surface area contributed by atoms with Crippen LogP contribution >= 0.6 is 0 Å². The minimum Gasteiger partial charge on any atom is -0.375 e. The van der Waals surface area contributed by atoms with Crippen LogP contribution in [0.1, 0.15) is 24.5 Å². The molecule has 1 amide bonds. The number of hydrogen-bond acceptors (Lipinski definition) is 3. The summed E-state index contributed by atoms with van der Waals surface area (Å²) >= 11 is 0. The van der Waals surface area contributed by atoms with E-state index < -0.39 is 11.5 Å². The number of para-hydroxylation sites is 1. The molecule has 4 heteroatoms. The summed E-state index contributed by atoms with van der Waals surface area (Å²) in [5.74, 6) is -0.742. The van der Waals surface area contributed by atoms with Gasteiger partial charge in [-0.2, -0.15) is 0 Å². The van der Waals surface area contributed by atoms with E-state index in [4.69, 9.17) is 0 Å². The van der Waals surface area contributed by atoms with Crippen LogP contribution in [0.15, 0.2) is 72.8 Å². The Hall–Kier alpha value is -2.98. The number of carbonyl (C=O) groups excluding carboxylic acids is 2. The Labute approximate surface area is 153 Å². The lowest BCUT2D eigenvalue weighted by Gasteiger charge is -2.21. The molecule has 0 unspecified atom stereocenters. The Morgan fingerprint density at radius 1 is 1.08 bits per heavy atom. The molecule has 0 aromatic heterocycles. The molecule has 1 heterocycles. The predicted octanol–water partition coefficient (Wildman–Crippen LogP) is 3.47. The standard InChI is InChI=1S/C22H21NO3/c1-2-23-20-15-9-8-14-19(20)22(26,21(23)25)16-18(24)13-7-6-12-17-10-4-3-5-11-17/h3-15,26H,2,16H2,1H3/b12-6+,13-7+/t22-/m1/s1. The van der Waals surface area contributed by atoms with Crippen molar-refractivity contribution in [1.82, 2.24) is 0 Å². The van der Waals surface area contributed by atoms with Gasteiger partial charge in [0.15, 0.2) is 11.4 Å². The van der Waals surface area contributed by atoms with E-state index in [-0.39, 0.29) is 12.2 Å². The molecule has 4 nitrogen and oxygen atoms in total. The van der Waals surface area contributed by atoms with Crippen LogP contribution in [0.5, 0.6) is 0 Å². The SMILES string of the molecule is CCN1C(=O)[C@@](O)(CC(=O)/C=C/C=C/c2ccccc2)c2ccccc21. The van der Waals surface area contributed by atoms with Gasteiger partial charge in [-0.1, -0.05) is 66.8 Å². The number of anilines is 1. The zero-order valence-corrected chi connectivity index (χ0v) is 14.6. The first-order chi connectivity index (χ1) is 12.6. The van der Waals surface area contributed by atoms with Gasteiger partial charge in [0.2, 0.25) is 0 Å². The number of amides is 1. The van der Waals surface area contributed by atoms with E-state index >= 15 is 0 Å². The molecule has 0 saturated carbocycles. The summed E-state index contributed by atoms with van der Waals surface area (Å²) in [6, 6.07) is 16.8. The second-order valence-corrected chi connectivity index (χ2v) is 6.20. The summed E-state index contributed by atoms with van der Waals surface area (Å²) in [7, 11) is 0. The fraction of sp³-hybridized carbons (Fsp3) is 0.182. The number of allylic oxidation sites excluding steroid dienone is 3. The minimum atomic E-state index is -1.79. The summed E-state index contributed by atoms with van der Waals surface area (Å²) in [5.41, 5.74) is 0.398. The van der Waals surface area contributed by atoms with Crippen LogP contribution in [0, 0.1) is 0 Å². The fourth-order valence-electron chi connectivity index (χ4n) is 3.20. The number of rotatable bonds is 6. The van der Waals surface area contributed by atoms with Gasteiger partial charge in [0.25, 0.3) is 5.91 Å². The number of likely N-dealkylation sites (N-methyl/N-ethyl adjacent to an activating group) is 1. The minimum absolute atomic E-state index is 0.269. The van der Waals surface area contributed by atoms with Gasteiger partial charge in [-0.25, -0.2) is 0 Å². The zero-order chi connectivity index (χ0) is 18.6. The van der Waals surface area contributed by atoms with Gasteiger partial charge >= 0.3 is 0 Å². The van der Waals surface area contributed by atoms with Crippen molar-refractivity contribution in [3.63, 3.8) is 0 Å². The van der Waals surface area contributed by atoms with Crippen LogP contribution < -0.4 is 4.90 Å². The number of nitrogens with zero attached hydrogens (tertiary/aromatic N) is 1. The third kappa shape index (κ3) is 3.37. The van der Waals surface area contributed by atoms with Crippen LogP contribution in [0.25, 0.3) is 6.08 Å². The van der Waals surface area contributed by atoms with Crippen molar-refractivity contribution in [2.24, 2.45) is 0 Å². The maximum absolute atomic E-state index is 12.7. The third-order valence-corrected chi connectivity index (χ3v) is 4.47. The summed E-state index contributed by atoms with van der Waals surface area (Å²) in [6.45, 7) is 2.29. The Bertz CT molecular complexity index is 870. The number of benzene rings is 2. The monoisotopic (exact) mass is 347 g/mol. The number of fused-ring (bicyclic) bond motifs is 1. The fourth-order valence-corrected chi connectivity index (χ4v) is 3.20. The molecule has 1 aliphatic rings. The van der Waals surface area contributed by atoms with Crippen molar-refractivity contribution in [2.45, 2.75) is 18.9 Å². The maximum Gasteiger partial charge on any atom is 0.264 e. The lowest BCUT2D eigenvalue weighted by Crippen LogP contribution is -2.41. The van der Waals surface area contributed by atoms with E-state index in [0.29, 0.717) is 17.8 Å². The molecule has 2 aromatic rings. The largest absolute Gasteiger partial charge is 0.375 e. The number of hydrogen-bond donors (Lipinski definition) is 1. The van der Waals surface area contributed by atoms with E-state index in [1.807, 2.05) is 49.4 Å². The van der Waals surface area contributed by atoms with Gasteiger partial charge in [0.1, 0.15) is 0 Å². The van der Waals surface area contributed by atoms with Crippen molar-refractivity contribution in [2.75, 3.05) is 11.4 Å². The molecule has 2 aromatic carbocycles. The van der Waals surface area contributed by atoms with Crippen LogP contribution in [-0.4, -0.2) is 23.3 Å². The third-order valence-electron chi connectivity index (χ3n) is 4.47. The quantitative estimate of drug-likeness (QED) is 0.643. The molecule has 0 spiro atoms. The van der Waals surface area contributed by atoms with Crippen molar-refractivity contribution < 1.29 is 14.7 Å². The summed E-state index contributed by atoms with van der Waals surface area (Å²) in [4.78, 5) is 26.5. The van der Waals surface area contributed by atoms with Crippen LogP contribution in [-0.2, 0) is 15.2 Å². The molecule has 0 fully saturated rings. The van der Waals surface area contributed by atoms with Crippen molar-refractivity contribution in [1.29, 1.82) is 0 Å². The second kappa shape index (κ2) is 7.50. The first-order valence-corrected chi connectivity index (χ1v) is 8.62. The van der Waals surface area contributed by atoms with Crippen molar-refractivity contribution >= 4 is 23.5 Å². The first-order valence-electron chi connectivity index (χ1n) is 8.62. The molecule has 0 bridgehead atoms. The summed E-state index contributed by atoms with van der Waals surface area (Å²) < 4.78 is 0. The van der Waals surface area contributed by atoms with Crippen LogP contribution in [0.4, 0.5) is 5.69 Å². The molecule has 26 heavy (non-hydrogen) atoms. The molecular weight excluding hydrogens is 326 g/mol. The molecule has 1 atom stereocenters. The molecule has 0 saturated heterocycles. The average molecular weight is 347 g/mol.